The van der Waals surface area contributed by atoms with Gasteiger partial charge in [0.1, 0.15) is 0 Å². The van der Waals surface area contributed by atoms with Crippen molar-refractivity contribution in [1.29, 1.82) is 0 Å². The first-order chi connectivity index (χ1) is 17.3. The number of aryl methyl sites for hydroxylation is 1. The number of alkyl halides is 3. The second kappa shape index (κ2) is 9.82. The van der Waals surface area contributed by atoms with Crippen molar-refractivity contribution in [2.75, 3.05) is 37.6 Å². The highest BCUT2D eigenvalue weighted by Crippen LogP contribution is 2.34. The van der Waals surface area contributed by atoms with E-state index in [1.165, 1.54) is 17.7 Å². The number of rotatable bonds is 4. The molecule has 4 nitrogen and oxygen atoms in total. The van der Waals surface area contributed by atoms with Gasteiger partial charge in [-0.2, -0.15) is 13.2 Å². The normalized spacial score (nSPS) is 16.2. The highest BCUT2D eigenvalue weighted by atomic mass is 19.4. The molecule has 0 N–H and O–H groups in total. The number of hydrogen-bond acceptors (Lipinski definition) is 3. The molecule has 1 amide bonds. The molecule has 3 aromatic rings. The highest BCUT2D eigenvalue weighted by molar-refractivity contribution is 5.95. The monoisotopic (exact) mass is 491 g/mol. The van der Waals surface area contributed by atoms with E-state index in [-0.39, 0.29) is 5.91 Å². The van der Waals surface area contributed by atoms with Crippen LogP contribution in [0.1, 0.15) is 32.6 Å². The number of piperazine rings is 1. The van der Waals surface area contributed by atoms with Crippen molar-refractivity contribution >= 4 is 23.4 Å². The molecular formula is C29H28F3N3O. The Morgan fingerprint density at radius 3 is 2.31 bits per heavy atom. The second-order valence-electron chi connectivity index (χ2n) is 9.34. The van der Waals surface area contributed by atoms with Crippen molar-refractivity contribution in [3.8, 4) is 0 Å². The van der Waals surface area contributed by atoms with E-state index in [2.05, 4.69) is 34.1 Å². The molecule has 0 unspecified atom stereocenters. The molecule has 2 heterocycles. The molecular weight excluding hydrogens is 463 g/mol. The average molecular weight is 492 g/mol. The minimum Gasteiger partial charge on any atom is -0.337 e. The summed E-state index contributed by atoms with van der Waals surface area (Å²) < 4.78 is 38.4. The largest absolute Gasteiger partial charge is 0.416 e. The third-order valence-electron chi connectivity index (χ3n) is 6.89. The van der Waals surface area contributed by atoms with Crippen molar-refractivity contribution in [2.45, 2.75) is 19.6 Å². The fourth-order valence-corrected chi connectivity index (χ4v) is 4.93. The number of halogens is 3. The zero-order chi connectivity index (χ0) is 25.3. The smallest absolute Gasteiger partial charge is 0.337 e. The summed E-state index contributed by atoms with van der Waals surface area (Å²) in [6, 6.07) is 19.5. The topological polar surface area (TPSA) is 26.8 Å². The molecule has 7 heteroatoms. The van der Waals surface area contributed by atoms with Crippen molar-refractivity contribution in [2.24, 2.45) is 0 Å². The average Bonchev–Trinajstić information content (AvgIpc) is 2.88. The van der Waals surface area contributed by atoms with Gasteiger partial charge < -0.3 is 9.80 Å². The Balaban J connectivity index is 1.21. The summed E-state index contributed by atoms with van der Waals surface area (Å²) in [4.78, 5) is 19.5. The zero-order valence-corrected chi connectivity index (χ0v) is 20.1. The van der Waals surface area contributed by atoms with Gasteiger partial charge in [0.15, 0.2) is 0 Å². The van der Waals surface area contributed by atoms with E-state index in [4.69, 9.17) is 0 Å². The minimum absolute atomic E-state index is 0.0118. The summed E-state index contributed by atoms with van der Waals surface area (Å²) in [5.41, 5.74) is 5.35. The van der Waals surface area contributed by atoms with Gasteiger partial charge in [-0.15, -0.1) is 0 Å². The molecule has 0 spiro atoms. The van der Waals surface area contributed by atoms with E-state index in [0.717, 1.165) is 41.2 Å². The summed E-state index contributed by atoms with van der Waals surface area (Å²) in [5, 5.41) is 0. The van der Waals surface area contributed by atoms with Crippen LogP contribution in [-0.4, -0.2) is 48.4 Å². The lowest BCUT2D eigenvalue weighted by Crippen LogP contribution is -2.48. The first kappa shape index (κ1) is 24.1. The van der Waals surface area contributed by atoms with Crippen LogP contribution in [0.2, 0.25) is 0 Å². The van der Waals surface area contributed by atoms with Crippen LogP contribution < -0.4 is 4.90 Å². The Kier molecular flexibility index (Phi) is 6.58. The predicted octanol–water partition coefficient (Wildman–Crippen LogP) is 6.14. The Bertz CT molecular complexity index is 1280. The van der Waals surface area contributed by atoms with Crippen LogP contribution in [0.4, 0.5) is 24.5 Å². The van der Waals surface area contributed by atoms with Gasteiger partial charge in [-0.1, -0.05) is 42.5 Å². The molecule has 0 atom stereocenters. The van der Waals surface area contributed by atoms with Gasteiger partial charge >= 0.3 is 6.18 Å². The first-order valence-corrected chi connectivity index (χ1v) is 12.1. The summed E-state index contributed by atoms with van der Waals surface area (Å²) in [6.07, 6.45) is -0.0440. The second-order valence-corrected chi connectivity index (χ2v) is 9.34. The number of hydrogen-bond donors (Lipinski definition) is 0. The van der Waals surface area contributed by atoms with E-state index in [0.29, 0.717) is 38.3 Å². The maximum absolute atomic E-state index is 13.2. The molecule has 5 rings (SSSR count). The van der Waals surface area contributed by atoms with Crippen molar-refractivity contribution in [1.82, 2.24) is 9.80 Å². The maximum Gasteiger partial charge on any atom is 0.416 e. The highest BCUT2D eigenvalue weighted by Gasteiger charge is 2.30. The molecule has 1 saturated heterocycles. The van der Waals surface area contributed by atoms with E-state index < -0.39 is 11.7 Å². The first-order valence-electron chi connectivity index (χ1n) is 12.1. The SMILES string of the molecule is Cc1cc(C(=O)N2CCN(Cc3ccc(C(F)(F)F)cc3)CC2)ccc1N1CC=Cc2ccccc21. The number of nitrogens with zero attached hydrogens (tertiary/aromatic N) is 3. The van der Waals surface area contributed by atoms with Gasteiger partial charge in [-0.3, -0.25) is 9.69 Å². The van der Waals surface area contributed by atoms with E-state index in [1.54, 1.807) is 0 Å². The summed E-state index contributed by atoms with van der Waals surface area (Å²) >= 11 is 0. The fraction of sp³-hybridized carbons (Fsp3) is 0.276. The number of carbonyl (C=O) groups is 1. The number of anilines is 2. The summed E-state index contributed by atoms with van der Waals surface area (Å²) in [7, 11) is 0. The Hall–Kier alpha value is -3.58. The number of benzene rings is 3. The molecule has 36 heavy (non-hydrogen) atoms. The van der Waals surface area contributed by atoms with Crippen molar-refractivity contribution < 1.29 is 18.0 Å². The molecule has 1 fully saturated rings. The van der Waals surface area contributed by atoms with Gasteiger partial charge in [0.2, 0.25) is 0 Å². The third kappa shape index (κ3) is 5.02. The van der Waals surface area contributed by atoms with Crippen LogP contribution in [0.5, 0.6) is 0 Å². The summed E-state index contributed by atoms with van der Waals surface area (Å²) in [5.74, 6) is 0.0118. The van der Waals surface area contributed by atoms with Gasteiger partial charge in [0.25, 0.3) is 5.91 Å². The molecule has 0 radical (unpaired) electrons. The number of amides is 1. The molecule has 0 aliphatic carbocycles. The lowest BCUT2D eigenvalue weighted by molar-refractivity contribution is -0.137. The predicted molar refractivity (Wildman–Crippen MR) is 136 cm³/mol. The number of fused-ring (bicyclic) bond motifs is 1. The fourth-order valence-electron chi connectivity index (χ4n) is 4.93. The Labute approximate surface area is 209 Å². The minimum atomic E-state index is -4.32. The van der Waals surface area contributed by atoms with Crippen LogP contribution in [0.15, 0.2) is 72.8 Å². The molecule has 2 aliphatic rings. The molecule has 0 saturated carbocycles. The lowest BCUT2D eigenvalue weighted by atomic mass is 10.0. The molecule has 0 bridgehead atoms. The van der Waals surface area contributed by atoms with Gasteiger partial charge in [0, 0.05) is 56.2 Å². The Morgan fingerprint density at radius 1 is 0.889 bits per heavy atom. The van der Waals surface area contributed by atoms with Gasteiger partial charge in [-0.25, -0.2) is 0 Å². The molecule has 186 valence electrons. The standard InChI is InChI=1S/C29H28F3N3O/c1-21-19-24(10-13-26(21)35-14-4-6-23-5-2-3-7-27(23)35)28(36)34-17-15-33(16-18-34)20-22-8-11-25(12-9-22)29(30,31)32/h2-13,19H,14-18,20H2,1H3. The van der Waals surface area contributed by atoms with Gasteiger partial charge in [-0.05, 0) is 60.0 Å². The quantitative estimate of drug-likeness (QED) is 0.439. The van der Waals surface area contributed by atoms with Crippen LogP contribution in [0.3, 0.4) is 0 Å². The Morgan fingerprint density at radius 2 is 1.61 bits per heavy atom. The molecule has 0 aromatic heterocycles. The third-order valence-corrected chi connectivity index (χ3v) is 6.89. The van der Waals surface area contributed by atoms with E-state index in [1.807, 2.05) is 42.2 Å². The number of para-hydroxylation sites is 1. The van der Waals surface area contributed by atoms with Crippen LogP contribution in [0.25, 0.3) is 6.08 Å². The van der Waals surface area contributed by atoms with Crippen molar-refractivity contribution in [3.05, 3.63) is 101 Å². The van der Waals surface area contributed by atoms with Crippen LogP contribution >= 0.6 is 0 Å². The van der Waals surface area contributed by atoms with Crippen LogP contribution in [-0.2, 0) is 12.7 Å². The molecule has 2 aliphatic heterocycles. The summed E-state index contributed by atoms with van der Waals surface area (Å²) in [6.45, 7) is 5.93. The zero-order valence-electron chi connectivity index (χ0n) is 20.1. The van der Waals surface area contributed by atoms with Crippen molar-refractivity contribution in [3.63, 3.8) is 0 Å². The molecule has 3 aromatic carbocycles. The van der Waals surface area contributed by atoms with Gasteiger partial charge in [0.05, 0.1) is 5.56 Å². The maximum atomic E-state index is 13.2. The van der Waals surface area contributed by atoms with E-state index >= 15 is 0 Å². The van der Waals surface area contributed by atoms with Crippen LogP contribution in [0, 0.1) is 6.92 Å². The van der Waals surface area contributed by atoms with E-state index in [9.17, 15) is 18.0 Å². The number of carbonyl (C=O) groups excluding carboxylic acids is 1. The lowest BCUT2D eigenvalue weighted by Gasteiger charge is -2.35.